The molecule has 0 saturated carbocycles. The van der Waals surface area contributed by atoms with Crippen LogP contribution in [0.1, 0.15) is 17.2 Å². The molecule has 4 aromatic rings. The van der Waals surface area contributed by atoms with Gasteiger partial charge in [0.1, 0.15) is 12.3 Å². The highest BCUT2D eigenvalue weighted by molar-refractivity contribution is 7.92. The Morgan fingerprint density at radius 3 is 2.06 bits per heavy atom. The molecular formula is C27H23NO7S. The maximum absolute atomic E-state index is 13.5. The van der Waals surface area contributed by atoms with Gasteiger partial charge in [0.25, 0.3) is 10.0 Å². The summed E-state index contributed by atoms with van der Waals surface area (Å²) in [7, 11) is -4.23. The molecule has 0 aliphatic rings. The number of fused-ring (bicyclic) bond motifs is 1. The number of hydrogen-bond acceptors (Lipinski definition) is 5. The van der Waals surface area contributed by atoms with Crippen molar-refractivity contribution < 1.29 is 33.0 Å². The van der Waals surface area contributed by atoms with Crippen LogP contribution in [0.15, 0.2) is 95.9 Å². The molecule has 0 aromatic heterocycles. The predicted octanol–water partition coefficient (Wildman–Crippen LogP) is 4.63. The molecule has 1 unspecified atom stereocenters. The second kappa shape index (κ2) is 10.1. The summed E-state index contributed by atoms with van der Waals surface area (Å²) in [6.07, 6.45) is -1.30. The molecule has 0 amide bonds. The van der Waals surface area contributed by atoms with Crippen molar-refractivity contribution in [2.75, 3.05) is 10.8 Å². The van der Waals surface area contributed by atoms with Gasteiger partial charge in [-0.1, -0.05) is 72.3 Å². The number of hydrogen-bond donors (Lipinski definition) is 2. The molecule has 1 atom stereocenters. The largest absolute Gasteiger partial charge is 0.480 e. The lowest BCUT2D eigenvalue weighted by atomic mass is 10.1. The number of aliphatic carboxylic acids is 2. The summed E-state index contributed by atoms with van der Waals surface area (Å²) in [5.41, 5.74) is 1.43. The molecule has 9 heteroatoms. The van der Waals surface area contributed by atoms with E-state index in [9.17, 15) is 28.2 Å². The topological polar surface area (TPSA) is 121 Å². The summed E-state index contributed by atoms with van der Waals surface area (Å²) in [6, 6.07) is 24.1. The smallest absolute Gasteiger partial charge is 0.349 e. The second-order valence-corrected chi connectivity index (χ2v) is 9.96. The third-order valence-electron chi connectivity index (χ3n) is 5.59. The van der Waals surface area contributed by atoms with Gasteiger partial charge in [0.15, 0.2) is 0 Å². The second-order valence-electron chi connectivity index (χ2n) is 8.09. The maximum atomic E-state index is 13.5. The molecule has 0 spiro atoms. The Morgan fingerprint density at radius 2 is 1.44 bits per heavy atom. The minimum atomic E-state index is -4.23. The highest BCUT2D eigenvalue weighted by Gasteiger charge is 2.29. The number of sulfonamides is 1. The van der Waals surface area contributed by atoms with Crippen molar-refractivity contribution in [3.05, 3.63) is 102 Å². The van der Waals surface area contributed by atoms with Gasteiger partial charge in [-0.25, -0.2) is 13.2 Å². The van der Waals surface area contributed by atoms with Crippen molar-refractivity contribution in [1.82, 2.24) is 0 Å². The first kappa shape index (κ1) is 24.7. The zero-order chi connectivity index (χ0) is 25.9. The van der Waals surface area contributed by atoms with Crippen molar-refractivity contribution in [3.63, 3.8) is 0 Å². The fraction of sp³-hybridized carbons (Fsp3) is 0.111. The van der Waals surface area contributed by atoms with Crippen molar-refractivity contribution in [1.29, 1.82) is 0 Å². The van der Waals surface area contributed by atoms with Gasteiger partial charge in [0.05, 0.1) is 10.6 Å². The van der Waals surface area contributed by atoms with E-state index in [0.717, 1.165) is 9.87 Å². The van der Waals surface area contributed by atoms with Crippen molar-refractivity contribution >= 4 is 38.4 Å². The highest BCUT2D eigenvalue weighted by Crippen LogP contribution is 2.38. The van der Waals surface area contributed by atoms with Crippen LogP contribution in [0.5, 0.6) is 5.75 Å². The van der Waals surface area contributed by atoms with Gasteiger partial charge in [-0.2, -0.15) is 0 Å². The quantitative estimate of drug-likeness (QED) is 0.340. The first-order valence-corrected chi connectivity index (χ1v) is 12.4. The number of carboxylic acids is 2. The van der Waals surface area contributed by atoms with E-state index in [1.807, 2.05) is 6.92 Å². The molecule has 4 rings (SSSR count). The van der Waals surface area contributed by atoms with Gasteiger partial charge in [-0.15, -0.1) is 0 Å². The molecule has 0 saturated heterocycles. The summed E-state index contributed by atoms with van der Waals surface area (Å²) < 4.78 is 33.7. The Kier molecular flexibility index (Phi) is 6.93. The fourth-order valence-electron chi connectivity index (χ4n) is 3.85. The van der Waals surface area contributed by atoms with E-state index in [4.69, 9.17) is 4.74 Å². The molecule has 36 heavy (non-hydrogen) atoms. The lowest BCUT2D eigenvalue weighted by Crippen LogP contribution is -2.36. The summed E-state index contributed by atoms with van der Waals surface area (Å²) in [5.74, 6) is -2.30. The Bertz CT molecular complexity index is 1520. The maximum Gasteiger partial charge on any atom is 0.349 e. The van der Waals surface area contributed by atoms with Crippen molar-refractivity contribution in [2.45, 2.75) is 17.9 Å². The van der Waals surface area contributed by atoms with Crippen LogP contribution in [0, 0.1) is 6.92 Å². The third-order valence-corrected chi connectivity index (χ3v) is 7.36. The van der Waals surface area contributed by atoms with E-state index >= 15 is 0 Å². The van der Waals surface area contributed by atoms with E-state index in [1.54, 1.807) is 66.7 Å². The average molecular weight is 506 g/mol. The molecule has 184 valence electrons. The van der Waals surface area contributed by atoms with Gasteiger partial charge < -0.3 is 14.9 Å². The SMILES string of the molecule is Cc1ccc(S(=O)(=O)N(CC(=O)O)c2ccc(OC(C(=O)O)c3ccccc3)c3ccccc23)cc1. The van der Waals surface area contributed by atoms with Crippen LogP contribution in [0.2, 0.25) is 0 Å². The molecule has 0 bridgehead atoms. The number of nitrogens with zero attached hydrogens (tertiary/aromatic N) is 1. The molecule has 2 N–H and O–H groups in total. The average Bonchev–Trinajstić information content (AvgIpc) is 2.86. The summed E-state index contributed by atoms with van der Waals surface area (Å²) in [6.45, 7) is 1.01. The van der Waals surface area contributed by atoms with Gasteiger partial charge in [0.2, 0.25) is 6.10 Å². The third kappa shape index (κ3) is 5.01. The number of rotatable bonds is 9. The molecule has 0 aliphatic heterocycles. The molecule has 0 fully saturated rings. The van der Waals surface area contributed by atoms with Crippen LogP contribution in [0.3, 0.4) is 0 Å². The predicted molar refractivity (Wildman–Crippen MR) is 135 cm³/mol. The lowest BCUT2D eigenvalue weighted by molar-refractivity contribution is -0.145. The minimum absolute atomic E-state index is 0.0474. The van der Waals surface area contributed by atoms with Crippen LogP contribution in [-0.4, -0.2) is 37.1 Å². The Morgan fingerprint density at radius 1 is 0.833 bits per heavy atom. The van der Waals surface area contributed by atoms with Gasteiger partial charge in [0, 0.05) is 16.3 Å². The minimum Gasteiger partial charge on any atom is -0.480 e. The number of ether oxygens (including phenoxy) is 1. The van der Waals surface area contributed by atoms with Crippen LogP contribution in [0.4, 0.5) is 5.69 Å². The van der Waals surface area contributed by atoms with Crippen LogP contribution >= 0.6 is 0 Å². The number of aryl methyl sites for hydroxylation is 1. The van der Waals surface area contributed by atoms with Crippen LogP contribution in [-0.2, 0) is 19.6 Å². The van der Waals surface area contributed by atoms with E-state index in [0.29, 0.717) is 16.3 Å². The molecule has 4 aromatic carbocycles. The van der Waals surface area contributed by atoms with Crippen molar-refractivity contribution in [3.8, 4) is 5.75 Å². The van der Waals surface area contributed by atoms with Crippen LogP contribution < -0.4 is 9.04 Å². The lowest BCUT2D eigenvalue weighted by Gasteiger charge is -2.25. The Labute approximate surface area is 208 Å². The van der Waals surface area contributed by atoms with E-state index < -0.39 is 34.6 Å². The first-order valence-electron chi connectivity index (χ1n) is 11.0. The summed E-state index contributed by atoms with van der Waals surface area (Å²) in [4.78, 5) is 23.6. The van der Waals surface area contributed by atoms with E-state index in [-0.39, 0.29) is 16.3 Å². The monoisotopic (exact) mass is 505 g/mol. The molecule has 8 nitrogen and oxygen atoms in total. The number of benzene rings is 4. The molecule has 0 heterocycles. The fourth-order valence-corrected chi connectivity index (χ4v) is 5.28. The van der Waals surface area contributed by atoms with Crippen molar-refractivity contribution in [2.24, 2.45) is 0 Å². The standard InChI is InChI=1S/C27H23NO7S/c1-18-11-13-20(14-12-18)36(33,34)28(17-25(29)30)23-15-16-24(22-10-6-5-9-21(22)23)35-26(27(31)32)19-7-3-2-4-8-19/h2-16,26H,17H2,1H3,(H,29,30)(H,31,32). The summed E-state index contributed by atoms with van der Waals surface area (Å²) in [5, 5.41) is 20.1. The zero-order valence-electron chi connectivity index (χ0n) is 19.2. The molecular weight excluding hydrogens is 482 g/mol. The first-order chi connectivity index (χ1) is 17.2. The van der Waals surface area contributed by atoms with E-state index in [1.165, 1.54) is 24.3 Å². The number of carboxylic acid groups (broad SMARTS) is 2. The Balaban J connectivity index is 1.84. The van der Waals surface area contributed by atoms with Gasteiger partial charge in [-0.05, 0) is 31.2 Å². The molecule has 0 radical (unpaired) electrons. The zero-order valence-corrected chi connectivity index (χ0v) is 20.1. The van der Waals surface area contributed by atoms with Gasteiger partial charge in [-0.3, -0.25) is 9.10 Å². The highest BCUT2D eigenvalue weighted by atomic mass is 32.2. The molecule has 0 aliphatic carbocycles. The number of anilines is 1. The van der Waals surface area contributed by atoms with Crippen LogP contribution in [0.25, 0.3) is 10.8 Å². The Hall–Kier alpha value is -4.37. The normalized spacial score (nSPS) is 12.1. The summed E-state index contributed by atoms with van der Waals surface area (Å²) >= 11 is 0. The van der Waals surface area contributed by atoms with Gasteiger partial charge >= 0.3 is 11.9 Å². The van der Waals surface area contributed by atoms with E-state index in [2.05, 4.69) is 0 Å². The number of carbonyl (C=O) groups is 2.